The second kappa shape index (κ2) is 8.30. The summed E-state index contributed by atoms with van der Waals surface area (Å²) in [7, 11) is 1.83. The number of rotatable bonds is 2. The van der Waals surface area contributed by atoms with Crippen LogP contribution in [0, 0.1) is 0 Å². The highest BCUT2D eigenvalue weighted by molar-refractivity contribution is 5.19. The molecule has 0 bridgehead atoms. The van der Waals surface area contributed by atoms with Gasteiger partial charge in [-0.3, -0.25) is 0 Å². The molecule has 96 valence electrons. The van der Waals surface area contributed by atoms with Crippen LogP contribution in [0.1, 0.15) is 57.4 Å². The molecule has 2 rings (SSSR count). The summed E-state index contributed by atoms with van der Waals surface area (Å²) in [5, 5.41) is 0. The summed E-state index contributed by atoms with van der Waals surface area (Å²) in [6, 6.07) is 10.9. The Morgan fingerprint density at radius 2 is 1.53 bits per heavy atom. The highest BCUT2D eigenvalue weighted by Gasteiger charge is 2.21. The van der Waals surface area contributed by atoms with E-state index in [9.17, 15) is 0 Å². The highest BCUT2D eigenvalue weighted by Crippen LogP contribution is 2.33. The summed E-state index contributed by atoms with van der Waals surface area (Å²) < 4.78 is 5.38. The molecule has 0 N–H and O–H groups in total. The molecule has 1 aromatic carbocycles. The molecule has 0 spiro atoms. The predicted molar refractivity (Wildman–Crippen MR) is 74.4 cm³/mol. The molecule has 0 unspecified atom stereocenters. The Morgan fingerprint density at radius 1 is 1.00 bits per heavy atom. The van der Waals surface area contributed by atoms with Gasteiger partial charge in [-0.25, -0.2) is 0 Å². The van der Waals surface area contributed by atoms with Gasteiger partial charge in [-0.2, -0.15) is 0 Å². The summed E-state index contributed by atoms with van der Waals surface area (Å²) in [4.78, 5) is 0. The number of hydrogen-bond donors (Lipinski definition) is 0. The van der Waals surface area contributed by atoms with Gasteiger partial charge in [0, 0.05) is 7.11 Å². The molecule has 1 nitrogen and oxygen atoms in total. The minimum atomic E-state index is 0.509. The first-order chi connectivity index (χ1) is 8.31. The lowest BCUT2D eigenvalue weighted by Gasteiger charge is -2.27. The Kier molecular flexibility index (Phi) is 6.95. The van der Waals surface area contributed by atoms with E-state index in [4.69, 9.17) is 4.74 Å². The fourth-order valence-corrected chi connectivity index (χ4v) is 2.36. The fraction of sp³-hybridized carbons (Fsp3) is 0.625. The van der Waals surface area contributed by atoms with Crippen molar-refractivity contribution in [1.29, 1.82) is 0 Å². The molecular formula is C16H26O. The molecule has 1 fully saturated rings. The maximum Gasteiger partial charge on any atom is 0.0571 e. The third-order valence-corrected chi connectivity index (χ3v) is 3.28. The van der Waals surface area contributed by atoms with Crippen LogP contribution in [0.5, 0.6) is 0 Å². The van der Waals surface area contributed by atoms with Crippen molar-refractivity contribution in [2.24, 2.45) is 0 Å². The lowest BCUT2D eigenvalue weighted by Crippen LogP contribution is -2.19. The van der Waals surface area contributed by atoms with Crippen LogP contribution in [0.2, 0.25) is 0 Å². The maximum atomic E-state index is 5.38. The molecule has 1 saturated carbocycles. The predicted octanol–water partition coefficient (Wildman–Crippen LogP) is 4.78. The smallest absolute Gasteiger partial charge is 0.0571 e. The van der Waals surface area contributed by atoms with Crippen molar-refractivity contribution in [3.8, 4) is 0 Å². The van der Waals surface area contributed by atoms with Crippen molar-refractivity contribution < 1.29 is 4.74 Å². The zero-order valence-electron chi connectivity index (χ0n) is 11.5. The van der Waals surface area contributed by atoms with Gasteiger partial charge in [-0.15, -0.1) is 0 Å². The van der Waals surface area contributed by atoms with Gasteiger partial charge in [0.15, 0.2) is 0 Å². The minimum absolute atomic E-state index is 0.509. The minimum Gasteiger partial charge on any atom is -0.381 e. The van der Waals surface area contributed by atoms with Gasteiger partial charge in [0.05, 0.1) is 6.10 Å². The molecule has 0 saturated heterocycles. The Labute approximate surface area is 106 Å². The van der Waals surface area contributed by atoms with Crippen LogP contribution >= 0.6 is 0 Å². The summed E-state index contributed by atoms with van der Waals surface area (Å²) in [6.45, 7) is 4.25. The SMILES string of the molecule is CCC.COC1CCC(c2ccccc2)CC1. The summed E-state index contributed by atoms with van der Waals surface area (Å²) >= 11 is 0. The van der Waals surface area contributed by atoms with E-state index >= 15 is 0 Å². The van der Waals surface area contributed by atoms with Gasteiger partial charge >= 0.3 is 0 Å². The zero-order valence-corrected chi connectivity index (χ0v) is 11.5. The molecule has 17 heavy (non-hydrogen) atoms. The second-order valence-corrected chi connectivity index (χ2v) is 4.83. The molecule has 0 atom stereocenters. The lowest BCUT2D eigenvalue weighted by atomic mass is 9.83. The molecule has 1 aromatic rings. The van der Waals surface area contributed by atoms with Crippen molar-refractivity contribution in [3.63, 3.8) is 0 Å². The van der Waals surface area contributed by atoms with E-state index < -0.39 is 0 Å². The summed E-state index contributed by atoms with van der Waals surface area (Å²) in [6.07, 6.45) is 6.76. The van der Waals surface area contributed by atoms with Crippen LogP contribution in [-0.4, -0.2) is 13.2 Å². The third kappa shape index (κ3) is 4.91. The van der Waals surface area contributed by atoms with E-state index in [1.165, 1.54) is 37.7 Å². The normalized spacial score (nSPS) is 23.7. The van der Waals surface area contributed by atoms with Crippen molar-refractivity contribution in [2.75, 3.05) is 7.11 Å². The van der Waals surface area contributed by atoms with Crippen molar-refractivity contribution >= 4 is 0 Å². The van der Waals surface area contributed by atoms with Gasteiger partial charge in [0.1, 0.15) is 0 Å². The second-order valence-electron chi connectivity index (χ2n) is 4.83. The molecule has 0 aromatic heterocycles. The Bertz CT molecular complexity index is 273. The van der Waals surface area contributed by atoms with E-state index in [2.05, 4.69) is 44.2 Å². The molecule has 1 aliphatic rings. The van der Waals surface area contributed by atoms with Gasteiger partial charge in [0.25, 0.3) is 0 Å². The van der Waals surface area contributed by atoms with E-state index in [0.29, 0.717) is 6.10 Å². The molecule has 0 heterocycles. The third-order valence-electron chi connectivity index (χ3n) is 3.28. The van der Waals surface area contributed by atoms with Crippen molar-refractivity contribution in [2.45, 2.75) is 58.0 Å². The number of benzene rings is 1. The van der Waals surface area contributed by atoms with Crippen molar-refractivity contribution in [1.82, 2.24) is 0 Å². The molecule has 1 heteroatoms. The average Bonchev–Trinajstić information content (AvgIpc) is 2.41. The first-order valence-corrected chi connectivity index (χ1v) is 6.89. The first kappa shape index (κ1) is 14.2. The van der Waals surface area contributed by atoms with Crippen LogP contribution in [0.4, 0.5) is 0 Å². The molecule has 0 aliphatic heterocycles. The topological polar surface area (TPSA) is 9.23 Å². The maximum absolute atomic E-state index is 5.38. The van der Waals surface area contributed by atoms with Crippen LogP contribution in [0.3, 0.4) is 0 Å². The summed E-state index contributed by atoms with van der Waals surface area (Å²) in [5.41, 5.74) is 1.50. The number of ether oxygens (including phenoxy) is 1. The van der Waals surface area contributed by atoms with E-state index in [1.54, 1.807) is 0 Å². The quantitative estimate of drug-likeness (QED) is 0.716. The van der Waals surface area contributed by atoms with Crippen LogP contribution in [0.25, 0.3) is 0 Å². The molecular weight excluding hydrogens is 208 g/mol. The number of methoxy groups -OCH3 is 1. The van der Waals surface area contributed by atoms with Gasteiger partial charge < -0.3 is 4.74 Å². The highest BCUT2D eigenvalue weighted by atomic mass is 16.5. The largest absolute Gasteiger partial charge is 0.381 e. The van der Waals surface area contributed by atoms with Crippen LogP contribution in [-0.2, 0) is 4.74 Å². The van der Waals surface area contributed by atoms with Gasteiger partial charge in [0.2, 0.25) is 0 Å². The summed E-state index contributed by atoms with van der Waals surface area (Å²) in [5.74, 6) is 0.766. The van der Waals surface area contributed by atoms with E-state index in [0.717, 1.165) is 5.92 Å². The fourth-order valence-electron chi connectivity index (χ4n) is 2.36. The molecule has 0 amide bonds. The first-order valence-electron chi connectivity index (χ1n) is 6.89. The van der Waals surface area contributed by atoms with E-state index in [-0.39, 0.29) is 0 Å². The van der Waals surface area contributed by atoms with Gasteiger partial charge in [-0.05, 0) is 37.2 Å². The van der Waals surface area contributed by atoms with Crippen molar-refractivity contribution in [3.05, 3.63) is 35.9 Å². The van der Waals surface area contributed by atoms with Gasteiger partial charge in [-0.1, -0.05) is 50.6 Å². The monoisotopic (exact) mass is 234 g/mol. The number of hydrogen-bond acceptors (Lipinski definition) is 1. The zero-order chi connectivity index (χ0) is 12.5. The van der Waals surface area contributed by atoms with E-state index in [1.807, 2.05) is 7.11 Å². The molecule has 0 radical (unpaired) electrons. The average molecular weight is 234 g/mol. The Morgan fingerprint density at radius 3 is 2.00 bits per heavy atom. The van der Waals surface area contributed by atoms with Crippen LogP contribution < -0.4 is 0 Å². The Hall–Kier alpha value is -0.820. The molecule has 1 aliphatic carbocycles. The Balaban J connectivity index is 0.000000437. The van der Waals surface area contributed by atoms with Crippen LogP contribution in [0.15, 0.2) is 30.3 Å². The lowest BCUT2D eigenvalue weighted by molar-refractivity contribution is 0.0659. The standard InChI is InChI=1S/C13H18O.C3H8/c1-14-13-9-7-12(8-10-13)11-5-3-2-4-6-11;1-3-2/h2-6,12-13H,7-10H2,1H3;3H2,1-2H3.